The van der Waals surface area contributed by atoms with Crippen LogP contribution in [-0.2, 0) is 22.7 Å². The van der Waals surface area contributed by atoms with Crippen LogP contribution in [0.3, 0.4) is 0 Å². The normalized spacial score (nSPS) is 19.4. The fourth-order valence-corrected chi connectivity index (χ4v) is 5.36. The molecule has 1 N–H and O–H groups in total. The topological polar surface area (TPSA) is 113 Å². The number of ether oxygens (including phenoxy) is 1. The number of nitrogens with zero attached hydrogens (tertiary/aromatic N) is 5. The van der Waals surface area contributed by atoms with Gasteiger partial charge in [0.25, 0.3) is 0 Å². The number of nitriles is 1. The number of hydrogen-bond donors (Lipinski definition) is 1. The lowest BCUT2D eigenvalue weighted by Gasteiger charge is -2.38. The number of pyridine rings is 1. The highest BCUT2D eigenvalue weighted by atomic mass is 16.5. The van der Waals surface area contributed by atoms with Gasteiger partial charge in [-0.25, -0.2) is 14.5 Å². The Hall–Kier alpha value is -4.03. The van der Waals surface area contributed by atoms with E-state index in [9.17, 15) is 9.59 Å². The quantitative estimate of drug-likeness (QED) is 0.554. The molecule has 1 amide bonds. The maximum absolute atomic E-state index is 12.0. The van der Waals surface area contributed by atoms with Gasteiger partial charge >= 0.3 is 5.97 Å². The summed E-state index contributed by atoms with van der Waals surface area (Å²) in [6.07, 6.45) is 6.18. The number of hydrogen-bond acceptors (Lipinski definition) is 7. The Labute approximate surface area is 209 Å². The second-order valence-electron chi connectivity index (χ2n) is 9.67. The van der Waals surface area contributed by atoms with Crippen LogP contribution in [0.2, 0.25) is 0 Å². The molecule has 2 aliphatic heterocycles. The van der Waals surface area contributed by atoms with Crippen molar-refractivity contribution >= 4 is 11.9 Å². The van der Waals surface area contributed by atoms with Crippen LogP contribution < -0.4 is 5.32 Å². The summed E-state index contributed by atoms with van der Waals surface area (Å²) in [6, 6.07) is 7.91. The van der Waals surface area contributed by atoms with Crippen molar-refractivity contribution in [1.29, 1.82) is 5.26 Å². The highest BCUT2D eigenvalue weighted by molar-refractivity contribution is 5.94. The Morgan fingerprint density at radius 1 is 1.28 bits per heavy atom. The lowest BCUT2D eigenvalue weighted by molar-refractivity contribution is -0.120. The number of aromatic nitrogens is 3. The van der Waals surface area contributed by atoms with E-state index in [4.69, 9.17) is 10.00 Å². The monoisotopic (exact) mass is 484 g/mol. The molecule has 0 saturated carbocycles. The third-order valence-electron chi connectivity index (χ3n) is 7.08. The van der Waals surface area contributed by atoms with Gasteiger partial charge in [-0.05, 0) is 55.0 Å². The highest BCUT2D eigenvalue weighted by Gasteiger charge is 2.32. The first-order valence-electron chi connectivity index (χ1n) is 12.0. The number of rotatable bonds is 5. The number of fused-ring (bicyclic) bond motifs is 1. The Balaban J connectivity index is 1.37. The van der Waals surface area contributed by atoms with Crippen LogP contribution in [0.4, 0.5) is 0 Å². The van der Waals surface area contributed by atoms with Crippen molar-refractivity contribution in [2.75, 3.05) is 13.1 Å². The number of benzene rings is 1. The average Bonchev–Trinajstić information content (AvgIpc) is 3.46. The number of cyclic esters (lactones) is 1. The Kier molecular flexibility index (Phi) is 6.29. The molecule has 2 unspecified atom stereocenters. The first-order chi connectivity index (χ1) is 17.3. The van der Waals surface area contributed by atoms with Crippen LogP contribution in [-0.4, -0.2) is 50.7 Å². The predicted octanol–water partition coefficient (Wildman–Crippen LogP) is 2.92. The van der Waals surface area contributed by atoms with Gasteiger partial charge in [-0.2, -0.15) is 10.4 Å². The largest absolute Gasteiger partial charge is 0.457 e. The third-order valence-corrected chi connectivity index (χ3v) is 7.08. The van der Waals surface area contributed by atoms with Crippen LogP contribution in [0, 0.1) is 25.2 Å². The van der Waals surface area contributed by atoms with Crippen LogP contribution in [0.25, 0.3) is 5.82 Å². The van der Waals surface area contributed by atoms with Gasteiger partial charge in [0, 0.05) is 56.1 Å². The van der Waals surface area contributed by atoms with Gasteiger partial charge in [-0.3, -0.25) is 9.69 Å². The second kappa shape index (κ2) is 9.55. The number of piperidine rings is 1. The smallest absolute Gasteiger partial charge is 0.338 e. The fraction of sp³-hybridized carbons (Fsp3) is 0.370. The summed E-state index contributed by atoms with van der Waals surface area (Å²) in [5, 5.41) is 16.7. The zero-order valence-corrected chi connectivity index (χ0v) is 20.6. The van der Waals surface area contributed by atoms with Crippen LogP contribution in [0.5, 0.6) is 0 Å². The van der Waals surface area contributed by atoms with E-state index in [0.717, 1.165) is 41.8 Å². The number of amides is 1. The minimum Gasteiger partial charge on any atom is -0.457 e. The Morgan fingerprint density at radius 3 is 2.86 bits per heavy atom. The summed E-state index contributed by atoms with van der Waals surface area (Å²) in [6.45, 7) is 8.04. The third kappa shape index (κ3) is 4.60. The van der Waals surface area contributed by atoms with E-state index in [2.05, 4.69) is 33.3 Å². The maximum atomic E-state index is 12.0. The van der Waals surface area contributed by atoms with Gasteiger partial charge in [0.2, 0.25) is 5.91 Å². The molecule has 9 nitrogen and oxygen atoms in total. The molecule has 4 heterocycles. The molecule has 36 heavy (non-hydrogen) atoms. The second-order valence-corrected chi connectivity index (χ2v) is 9.67. The molecule has 2 atom stereocenters. The molecule has 3 aromatic rings. The molecule has 0 spiro atoms. The number of nitrogens with one attached hydrogen (secondary N) is 1. The van der Waals surface area contributed by atoms with E-state index in [1.54, 1.807) is 17.8 Å². The van der Waals surface area contributed by atoms with Gasteiger partial charge in [0.15, 0.2) is 5.82 Å². The van der Waals surface area contributed by atoms with Crippen molar-refractivity contribution in [3.05, 3.63) is 75.7 Å². The molecular weight excluding hydrogens is 456 g/mol. The molecule has 2 aliphatic rings. The molecular formula is C27H28N6O3. The van der Waals surface area contributed by atoms with Gasteiger partial charge in [0.05, 0.1) is 17.3 Å². The molecule has 1 aromatic carbocycles. The summed E-state index contributed by atoms with van der Waals surface area (Å²) in [4.78, 5) is 30.6. The van der Waals surface area contributed by atoms with Crippen molar-refractivity contribution in [1.82, 2.24) is 25.0 Å². The number of carbonyl (C=O) groups excluding carboxylic acids is 2. The van der Waals surface area contributed by atoms with Gasteiger partial charge in [-0.1, -0.05) is 6.07 Å². The van der Waals surface area contributed by atoms with Gasteiger partial charge < -0.3 is 10.1 Å². The molecule has 1 saturated heterocycles. The van der Waals surface area contributed by atoms with E-state index in [1.165, 1.54) is 5.56 Å². The highest BCUT2D eigenvalue weighted by Crippen LogP contribution is 2.34. The minimum absolute atomic E-state index is 0.0182. The van der Waals surface area contributed by atoms with Gasteiger partial charge in [-0.15, -0.1) is 0 Å². The standard InChI is InChI=1S/C27H28N6O3/c1-16-6-26(29-10-21(16)8-28)33-12-19(9-30-33)11-32-13-20(7-22(14-32)31-18(3)34)23-4-5-24-25(17(23)2)15-36-27(24)35/h4-6,9-10,12,20,22H,7,11,13-15H2,1-3H3,(H,31,34). The van der Waals surface area contributed by atoms with Crippen LogP contribution in [0.1, 0.15) is 63.0 Å². The SMILES string of the molecule is CC(=O)NC1CC(c2ccc3c(c2C)COC3=O)CN(Cc2cnn(-c3cc(C)c(C#N)cn3)c2)C1. The van der Waals surface area contributed by atoms with Crippen molar-refractivity contribution in [2.24, 2.45) is 0 Å². The van der Waals surface area contributed by atoms with E-state index in [0.29, 0.717) is 30.1 Å². The first kappa shape index (κ1) is 23.7. The first-order valence-corrected chi connectivity index (χ1v) is 12.0. The van der Waals surface area contributed by atoms with E-state index in [1.807, 2.05) is 37.5 Å². The molecule has 5 rings (SSSR count). The zero-order chi connectivity index (χ0) is 25.4. The summed E-state index contributed by atoms with van der Waals surface area (Å²) in [5.74, 6) is 0.566. The lowest BCUT2D eigenvalue weighted by atomic mass is 9.83. The molecule has 184 valence electrons. The lowest BCUT2D eigenvalue weighted by Crippen LogP contribution is -2.49. The van der Waals surface area contributed by atoms with E-state index in [-0.39, 0.29) is 23.8 Å². The van der Waals surface area contributed by atoms with Crippen molar-refractivity contribution in [3.63, 3.8) is 0 Å². The average molecular weight is 485 g/mol. The fourth-order valence-electron chi connectivity index (χ4n) is 5.36. The maximum Gasteiger partial charge on any atom is 0.338 e. The molecule has 9 heteroatoms. The molecule has 1 fully saturated rings. The number of esters is 1. The summed E-state index contributed by atoms with van der Waals surface area (Å²) in [5.41, 5.74) is 6.35. The van der Waals surface area contributed by atoms with E-state index >= 15 is 0 Å². The summed E-state index contributed by atoms with van der Waals surface area (Å²) < 4.78 is 6.96. The Bertz CT molecular complexity index is 1390. The van der Waals surface area contributed by atoms with E-state index < -0.39 is 0 Å². The molecule has 0 bridgehead atoms. The predicted molar refractivity (Wildman–Crippen MR) is 131 cm³/mol. The molecule has 2 aromatic heterocycles. The van der Waals surface area contributed by atoms with Gasteiger partial charge in [0.1, 0.15) is 12.7 Å². The van der Waals surface area contributed by atoms with Crippen molar-refractivity contribution < 1.29 is 14.3 Å². The van der Waals surface area contributed by atoms with Crippen molar-refractivity contribution in [2.45, 2.75) is 52.3 Å². The summed E-state index contributed by atoms with van der Waals surface area (Å²) in [7, 11) is 0. The number of aryl methyl sites for hydroxylation is 1. The summed E-state index contributed by atoms with van der Waals surface area (Å²) >= 11 is 0. The number of carbonyl (C=O) groups is 2. The number of likely N-dealkylation sites (tertiary alicyclic amines) is 1. The minimum atomic E-state index is -0.259. The van der Waals surface area contributed by atoms with Crippen LogP contribution >= 0.6 is 0 Å². The molecule has 0 radical (unpaired) electrons. The van der Waals surface area contributed by atoms with Crippen molar-refractivity contribution in [3.8, 4) is 11.9 Å². The molecule has 0 aliphatic carbocycles. The zero-order valence-electron chi connectivity index (χ0n) is 20.6. The Morgan fingerprint density at radius 2 is 2.11 bits per heavy atom. The van der Waals surface area contributed by atoms with Crippen LogP contribution in [0.15, 0.2) is 36.8 Å².